The van der Waals surface area contributed by atoms with Gasteiger partial charge in [-0.05, 0) is 42.8 Å². The van der Waals surface area contributed by atoms with Crippen LogP contribution in [-0.4, -0.2) is 49.9 Å². The lowest BCUT2D eigenvalue weighted by atomic mass is 10.1. The third kappa shape index (κ3) is 4.45. The summed E-state index contributed by atoms with van der Waals surface area (Å²) in [4.78, 5) is 27.6. The molecule has 1 amide bonds. The molecule has 0 radical (unpaired) electrons. The monoisotopic (exact) mass is 370 g/mol. The van der Waals surface area contributed by atoms with Crippen LogP contribution in [0.4, 0.5) is 10.1 Å². The zero-order chi connectivity index (χ0) is 19.4. The van der Waals surface area contributed by atoms with Gasteiger partial charge >= 0.3 is 0 Å². The topological polar surface area (TPSA) is 49.9 Å². The number of hydrogen-bond acceptors (Lipinski definition) is 4. The van der Waals surface area contributed by atoms with E-state index in [4.69, 9.17) is 4.74 Å². The molecule has 1 saturated heterocycles. The normalized spacial score (nSPS) is 14.2. The van der Waals surface area contributed by atoms with Crippen molar-refractivity contribution in [3.05, 3.63) is 59.4 Å². The number of ketones is 1. The van der Waals surface area contributed by atoms with E-state index >= 15 is 0 Å². The first-order valence-corrected chi connectivity index (χ1v) is 8.94. The van der Waals surface area contributed by atoms with Gasteiger partial charge in [-0.2, -0.15) is 0 Å². The van der Waals surface area contributed by atoms with E-state index in [2.05, 4.69) is 0 Å². The van der Waals surface area contributed by atoms with Crippen molar-refractivity contribution in [3.8, 4) is 5.75 Å². The van der Waals surface area contributed by atoms with Crippen LogP contribution in [0.2, 0.25) is 0 Å². The number of nitrogens with zero attached hydrogens (tertiary/aromatic N) is 2. The lowest BCUT2D eigenvalue weighted by molar-refractivity contribution is -0.130. The Bertz CT molecular complexity index is 828. The van der Waals surface area contributed by atoms with E-state index in [1.165, 1.54) is 13.0 Å². The number of amides is 1. The van der Waals surface area contributed by atoms with Gasteiger partial charge in [0.25, 0.3) is 0 Å². The molecule has 0 N–H and O–H groups in total. The van der Waals surface area contributed by atoms with Crippen molar-refractivity contribution in [2.75, 3.05) is 38.2 Å². The average Bonchev–Trinajstić information content (AvgIpc) is 2.68. The van der Waals surface area contributed by atoms with Crippen molar-refractivity contribution in [2.24, 2.45) is 0 Å². The first-order valence-electron chi connectivity index (χ1n) is 8.94. The SMILES string of the molecule is COc1ccc(CC(=O)N2CCN(c3ccc(C(C)=O)cc3F)CC2)cc1. The summed E-state index contributed by atoms with van der Waals surface area (Å²) in [5.41, 5.74) is 1.78. The molecular formula is C21H23FN2O3. The average molecular weight is 370 g/mol. The van der Waals surface area contributed by atoms with E-state index in [1.54, 1.807) is 19.2 Å². The molecule has 0 bridgehead atoms. The zero-order valence-corrected chi connectivity index (χ0v) is 15.6. The molecule has 0 aliphatic carbocycles. The van der Waals surface area contributed by atoms with E-state index in [0.717, 1.165) is 11.3 Å². The van der Waals surface area contributed by atoms with Crippen LogP contribution >= 0.6 is 0 Å². The molecule has 5 nitrogen and oxygen atoms in total. The lowest BCUT2D eigenvalue weighted by Crippen LogP contribution is -2.49. The Balaban J connectivity index is 1.58. The molecule has 0 aromatic heterocycles. The minimum absolute atomic E-state index is 0.0622. The van der Waals surface area contributed by atoms with Gasteiger partial charge in [-0.1, -0.05) is 12.1 Å². The molecular weight excluding hydrogens is 347 g/mol. The quantitative estimate of drug-likeness (QED) is 0.760. The molecule has 0 atom stereocenters. The maximum Gasteiger partial charge on any atom is 0.227 e. The van der Waals surface area contributed by atoms with E-state index in [1.807, 2.05) is 34.1 Å². The molecule has 1 fully saturated rings. The molecule has 0 unspecified atom stereocenters. The van der Waals surface area contributed by atoms with Crippen LogP contribution in [0.25, 0.3) is 0 Å². The first kappa shape index (κ1) is 18.9. The number of anilines is 1. The van der Waals surface area contributed by atoms with Gasteiger partial charge < -0.3 is 14.5 Å². The number of benzene rings is 2. The van der Waals surface area contributed by atoms with Crippen molar-refractivity contribution < 1.29 is 18.7 Å². The molecule has 3 rings (SSSR count). The van der Waals surface area contributed by atoms with Gasteiger partial charge in [-0.15, -0.1) is 0 Å². The smallest absolute Gasteiger partial charge is 0.227 e. The molecule has 1 aliphatic rings. The van der Waals surface area contributed by atoms with Gasteiger partial charge in [0.1, 0.15) is 11.6 Å². The summed E-state index contributed by atoms with van der Waals surface area (Å²) in [7, 11) is 1.61. The number of hydrogen-bond donors (Lipinski definition) is 0. The summed E-state index contributed by atoms with van der Waals surface area (Å²) < 4.78 is 19.4. The number of carbonyl (C=O) groups is 2. The summed E-state index contributed by atoms with van der Waals surface area (Å²) in [6, 6.07) is 12.0. The second-order valence-electron chi connectivity index (χ2n) is 6.62. The van der Waals surface area contributed by atoms with Crippen LogP contribution in [0.5, 0.6) is 5.75 Å². The minimum Gasteiger partial charge on any atom is -0.497 e. The molecule has 0 saturated carbocycles. The van der Waals surface area contributed by atoms with Crippen LogP contribution < -0.4 is 9.64 Å². The molecule has 2 aromatic carbocycles. The van der Waals surface area contributed by atoms with Crippen LogP contribution in [0.1, 0.15) is 22.8 Å². The fourth-order valence-electron chi connectivity index (χ4n) is 3.21. The van der Waals surface area contributed by atoms with Gasteiger partial charge in [-0.25, -0.2) is 4.39 Å². The van der Waals surface area contributed by atoms with Crippen LogP contribution in [-0.2, 0) is 11.2 Å². The minimum atomic E-state index is -0.402. The van der Waals surface area contributed by atoms with Gasteiger partial charge in [0.15, 0.2) is 5.78 Å². The molecule has 1 aliphatic heterocycles. The predicted octanol–water partition coefficient (Wildman–Crippen LogP) is 2.93. The highest BCUT2D eigenvalue weighted by Crippen LogP contribution is 2.22. The van der Waals surface area contributed by atoms with Crippen molar-refractivity contribution in [1.29, 1.82) is 0 Å². The number of ether oxygens (including phenoxy) is 1. The lowest BCUT2D eigenvalue weighted by Gasteiger charge is -2.36. The highest BCUT2D eigenvalue weighted by Gasteiger charge is 2.23. The molecule has 2 aromatic rings. The number of methoxy groups -OCH3 is 1. The second kappa shape index (κ2) is 8.20. The Labute approximate surface area is 158 Å². The molecule has 0 spiro atoms. The highest BCUT2D eigenvalue weighted by molar-refractivity contribution is 5.94. The van der Waals surface area contributed by atoms with Gasteiger partial charge in [-0.3, -0.25) is 9.59 Å². The van der Waals surface area contributed by atoms with Crippen LogP contribution in [0.15, 0.2) is 42.5 Å². The van der Waals surface area contributed by atoms with Crippen LogP contribution in [0.3, 0.4) is 0 Å². The van der Waals surface area contributed by atoms with E-state index in [-0.39, 0.29) is 11.7 Å². The maximum absolute atomic E-state index is 14.3. The molecule has 6 heteroatoms. The van der Waals surface area contributed by atoms with Crippen LogP contribution in [0, 0.1) is 5.82 Å². The molecule has 27 heavy (non-hydrogen) atoms. The summed E-state index contributed by atoms with van der Waals surface area (Å²) in [5.74, 6) is 0.264. The fraction of sp³-hybridized carbons (Fsp3) is 0.333. The number of halogens is 1. The number of rotatable bonds is 5. The number of Topliss-reactive ketones (excluding diaryl/α,β-unsaturated/α-hetero) is 1. The Morgan fingerprint density at radius 1 is 1.04 bits per heavy atom. The van der Waals surface area contributed by atoms with Crippen molar-refractivity contribution in [3.63, 3.8) is 0 Å². The summed E-state index contributed by atoms with van der Waals surface area (Å²) in [6.45, 7) is 3.63. The van der Waals surface area contributed by atoms with E-state index in [0.29, 0.717) is 43.9 Å². The fourth-order valence-corrected chi connectivity index (χ4v) is 3.21. The Hall–Kier alpha value is -2.89. The maximum atomic E-state index is 14.3. The summed E-state index contributed by atoms with van der Waals surface area (Å²) >= 11 is 0. The van der Waals surface area contributed by atoms with Gasteiger partial charge in [0.2, 0.25) is 5.91 Å². The Kier molecular flexibility index (Phi) is 5.74. The zero-order valence-electron chi connectivity index (χ0n) is 15.6. The Morgan fingerprint density at radius 3 is 2.26 bits per heavy atom. The van der Waals surface area contributed by atoms with Crippen molar-refractivity contribution in [1.82, 2.24) is 4.90 Å². The van der Waals surface area contributed by atoms with Gasteiger partial charge in [0.05, 0.1) is 19.2 Å². The van der Waals surface area contributed by atoms with E-state index < -0.39 is 5.82 Å². The standard InChI is InChI=1S/C21H23FN2O3/c1-15(25)17-5-8-20(19(22)14-17)23-9-11-24(12-10-23)21(26)13-16-3-6-18(27-2)7-4-16/h3-8,14H,9-13H2,1-2H3. The number of piperazine rings is 1. The number of carbonyl (C=O) groups excluding carboxylic acids is 2. The third-order valence-electron chi connectivity index (χ3n) is 4.84. The molecule has 142 valence electrons. The van der Waals surface area contributed by atoms with Crippen molar-refractivity contribution >= 4 is 17.4 Å². The largest absolute Gasteiger partial charge is 0.497 e. The van der Waals surface area contributed by atoms with Gasteiger partial charge in [0, 0.05) is 31.7 Å². The molecule has 1 heterocycles. The Morgan fingerprint density at radius 2 is 1.70 bits per heavy atom. The van der Waals surface area contributed by atoms with E-state index in [9.17, 15) is 14.0 Å². The summed E-state index contributed by atoms with van der Waals surface area (Å²) in [5, 5.41) is 0. The summed E-state index contributed by atoms with van der Waals surface area (Å²) in [6.07, 6.45) is 0.339. The third-order valence-corrected chi connectivity index (χ3v) is 4.84. The van der Waals surface area contributed by atoms with Crippen molar-refractivity contribution in [2.45, 2.75) is 13.3 Å². The first-order chi connectivity index (χ1) is 13.0. The second-order valence-corrected chi connectivity index (χ2v) is 6.62. The predicted molar refractivity (Wildman–Crippen MR) is 102 cm³/mol. The highest BCUT2D eigenvalue weighted by atomic mass is 19.1.